The van der Waals surface area contributed by atoms with E-state index >= 15 is 0 Å². The Morgan fingerprint density at radius 3 is 2.55 bits per heavy atom. The van der Waals surface area contributed by atoms with Crippen LogP contribution in [0.5, 0.6) is 0 Å². The van der Waals surface area contributed by atoms with Gasteiger partial charge >= 0.3 is 0 Å². The van der Waals surface area contributed by atoms with Crippen molar-refractivity contribution in [1.29, 1.82) is 0 Å². The largest absolute Gasteiger partial charge is 0.353 e. The van der Waals surface area contributed by atoms with E-state index in [9.17, 15) is 8.42 Å². The number of hydrogen-bond donors (Lipinski definition) is 0. The Hall–Kier alpha value is -2.03. The summed E-state index contributed by atoms with van der Waals surface area (Å²) in [4.78, 5) is 14.4. The monoisotopic (exact) mass is 484 g/mol. The number of sulfonamides is 1. The van der Waals surface area contributed by atoms with Crippen LogP contribution in [-0.2, 0) is 22.9 Å². The molecule has 0 bridgehead atoms. The average molecular weight is 485 g/mol. The highest BCUT2D eigenvalue weighted by Crippen LogP contribution is 2.40. The fourth-order valence-electron chi connectivity index (χ4n) is 4.99. The minimum Gasteiger partial charge on any atom is -0.353 e. The van der Waals surface area contributed by atoms with Gasteiger partial charge in [-0.3, -0.25) is 0 Å². The second kappa shape index (κ2) is 8.96. The lowest BCUT2D eigenvalue weighted by Crippen LogP contribution is -2.49. The summed E-state index contributed by atoms with van der Waals surface area (Å²) in [5.41, 5.74) is 2.60. The van der Waals surface area contributed by atoms with Crippen LogP contribution in [0.3, 0.4) is 0 Å². The van der Waals surface area contributed by atoms with E-state index in [4.69, 9.17) is 0 Å². The van der Waals surface area contributed by atoms with Crippen molar-refractivity contribution >= 4 is 37.4 Å². The Bertz CT molecular complexity index is 1250. The summed E-state index contributed by atoms with van der Waals surface area (Å²) in [6.07, 6.45) is 6.10. The van der Waals surface area contributed by atoms with E-state index in [0.29, 0.717) is 37.0 Å². The van der Waals surface area contributed by atoms with Gasteiger partial charge in [-0.1, -0.05) is 32.9 Å². The van der Waals surface area contributed by atoms with Crippen LogP contribution < -0.4 is 4.90 Å². The molecule has 1 aliphatic heterocycles. The quantitative estimate of drug-likeness (QED) is 0.518. The van der Waals surface area contributed by atoms with Crippen LogP contribution >= 0.6 is 11.3 Å². The molecule has 1 aromatic carbocycles. The lowest BCUT2D eigenvalue weighted by Gasteiger charge is -2.35. The molecule has 0 amide bonds. The molecular weight excluding hydrogens is 452 g/mol. The highest BCUT2D eigenvalue weighted by atomic mass is 32.2. The molecule has 2 aromatic heterocycles. The zero-order valence-corrected chi connectivity index (χ0v) is 21.3. The fourth-order valence-corrected chi connectivity index (χ4v) is 7.76. The van der Waals surface area contributed by atoms with Crippen molar-refractivity contribution in [3.8, 4) is 0 Å². The number of benzene rings is 1. The van der Waals surface area contributed by atoms with Crippen molar-refractivity contribution in [3.63, 3.8) is 0 Å². The first-order valence-corrected chi connectivity index (χ1v) is 14.2. The van der Waals surface area contributed by atoms with Crippen molar-refractivity contribution in [1.82, 2.24) is 14.3 Å². The summed E-state index contributed by atoms with van der Waals surface area (Å²) in [6, 6.07) is 7.43. The summed E-state index contributed by atoms with van der Waals surface area (Å²) in [5.74, 6) is 2.12. The van der Waals surface area contributed by atoms with E-state index in [2.05, 4.69) is 35.6 Å². The van der Waals surface area contributed by atoms with Gasteiger partial charge in [0.2, 0.25) is 10.0 Å². The van der Waals surface area contributed by atoms with Crippen LogP contribution in [0.1, 0.15) is 55.5 Å². The molecule has 2 atom stereocenters. The molecule has 0 radical (unpaired) electrons. The predicted octanol–water partition coefficient (Wildman–Crippen LogP) is 4.84. The zero-order chi connectivity index (χ0) is 23.2. The van der Waals surface area contributed by atoms with E-state index < -0.39 is 10.0 Å². The minimum absolute atomic E-state index is 0.383. The Morgan fingerprint density at radius 2 is 1.85 bits per heavy atom. The number of anilines is 1. The first-order chi connectivity index (χ1) is 15.9. The minimum atomic E-state index is -3.49. The first-order valence-electron chi connectivity index (χ1n) is 12.0. The summed E-state index contributed by atoms with van der Waals surface area (Å²) >= 11 is 1.80. The van der Waals surface area contributed by atoms with Gasteiger partial charge < -0.3 is 4.90 Å². The van der Waals surface area contributed by atoms with Crippen LogP contribution in [0, 0.1) is 5.92 Å². The van der Waals surface area contributed by atoms with Gasteiger partial charge in [-0.05, 0) is 60.8 Å². The smallest absolute Gasteiger partial charge is 0.243 e. The molecule has 33 heavy (non-hydrogen) atoms. The molecule has 176 valence electrons. The van der Waals surface area contributed by atoms with Crippen molar-refractivity contribution in [2.24, 2.45) is 5.92 Å². The second-order valence-electron chi connectivity index (χ2n) is 9.50. The predicted molar refractivity (Wildman–Crippen MR) is 135 cm³/mol. The van der Waals surface area contributed by atoms with Gasteiger partial charge in [-0.2, -0.15) is 4.31 Å². The standard InChI is InChI=1S/C25H32N4O2S2/c1-4-18(3)19-6-8-20(9-7-19)33(30,31)29-13-11-28(12-14-29)24-23-21-10-5-17(2)15-22(21)32-25(23)27-16-26-24/h6-9,16-18H,4-5,10-15H2,1-3H3. The maximum absolute atomic E-state index is 13.3. The third kappa shape index (κ3) is 4.17. The normalized spacial score (nSPS) is 20.7. The Balaban J connectivity index is 1.35. The number of hydrogen-bond acceptors (Lipinski definition) is 6. The number of thiophene rings is 1. The molecule has 8 heteroatoms. The molecule has 0 spiro atoms. The third-order valence-corrected chi connectivity index (χ3v) is 10.4. The second-order valence-corrected chi connectivity index (χ2v) is 12.5. The van der Waals surface area contributed by atoms with Gasteiger partial charge in [0, 0.05) is 31.1 Å². The van der Waals surface area contributed by atoms with Crippen LogP contribution in [0.15, 0.2) is 35.5 Å². The Kier molecular flexibility index (Phi) is 6.18. The molecule has 1 fully saturated rings. The lowest BCUT2D eigenvalue weighted by molar-refractivity contribution is 0.384. The fraction of sp³-hybridized carbons (Fsp3) is 0.520. The van der Waals surface area contributed by atoms with Gasteiger partial charge in [0.25, 0.3) is 0 Å². The highest BCUT2D eigenvalue weighted by Gasteiger charge is 2.31. The topological polar surface area (TPSA) is 66.4 Å². The molecular formula is C25H32N4O2S2. The van der Waals surface area contributed by atoms with Crippen molar-refractivity contribution < 1.29 is 8.42 Å². The van der Waals surface area contributed by atoms with E-state index in [-0.39, 0.29) is 0 Å². The van der Waals surface area contributed by atoms with Crippen LogP contribution in [0.4, 0.5) is 5.82 Å². The van der Waals surface area contributed by atoms with Crippen LogP contribution in [-0.4, -0.2) is 48.9 Å². The number of rotatable bonds is 5. The number of fused-ring (bicyclic) bond motifs is 3. The number of nitrogens with zero attached hydrogens (tertiary/aromatic N) is 4. The van der Waals surface area contributed by atoms with Crippen molar-refractivity contribution in [3.05, 3.63) is 46.6 Å². The van der Waals surface area contributed by atoms with Crippen LogP contribution in [0.25, 0.3) is 10.2 Å². The Morgan fingerprint density at radius 1 is 1.12 bits per heavy atom. The molecule has 0 saturated carbocycles. The molecule has 3 heterocycles. The summed E-state index contributed by atoms with van der Waals surface area (Å²) in [6.45, 7) is 8.82. The maximum atomic E-state index is 13.3. The summed E-state index contributed by atoms with van der Waals surface area (Å²) in [7, 11) is -3.49. The molecule has 1 aliphatic carbocycles. The van der Waals surface area contributed by atoms with Crippen molar-refractivity contribution in [2.45, 2.75) is 57.3 Å². The molecule has 2 aliphatic rings. The molecule has 0 N–H and O–H groups in total. The van der Waals surface area contributed by atoms with Gasteiger partial charge in [0.05, 0.1) is 10.3 Å². The van der Waals surface area contributed by atoms with E-state index in [1.165, 1.54) is 27.8 Å². The summed E-state index contributed by atoms with van der Waals surface area (Å²) < 4.78 is 28.1. The first kappa shape index (κ1) is 22.7. The van der Waals surface area contributed by atoms with E-state index in [0.717, 1.165) is 35.8 Å². The van der Waals surface area contributed by atoms with E-state index in [1.807, 2.05) is 12.1 Å². The Labute approximate surface area is 200 Å². The zero-order valence-electron chi connectivity index (χ0n) is 19.6. The molecule has 2 unspecified atom stereocenters. The maximum Gasteiger partial charge on any atom is 0.243 e. The SMILES string of the molecule is CCC(C)c1ccc(S(=O)(=O)N2CCN(c3ncnc4sc5c(c34)CCC(C)C5)CC2)cc1. The number of aromatic nitrogens is 2. The third-order valence-electron chi connectivity index (χ3n) is 7.31. The lowest BCUT2D eigenvalue weighted by atomic mass is 9.89. The van der Waals surface area contributed by atoms with Gasteiger partial charge in [-0.25, -0.2) is 18.4 Å². The van der Waals surface area contributed by atoms with E-state index in [1.54, 1.807) is 34.1 Å². The molecule has 5 rings (SSSR count). The summed E-state index contributed by atoms with van der Waals surface area (Å²) in [5, 5.41) is 1.20. The highest BCUT2D eigenvalue weighted by molar-refractivity contribution is 7.89. The van der Waals surface area contributed by atoms with Gasteiger partial charge in [0.15, 0.2) is 0 Å². The number of piperazine rings is 1. The molecule has 1 saturated heterocycles. The molecule has 6 nitrogen and oxygen atoms in total. The number of aryl methyl sites for hydroxylation is 1. The van der Waals surface area contributed by atoms with Crippen molar-refractivity contribution in [2.75, 3.05) is 31.1 Å². The van der Waals surface area contributed by atoms with Crippen LogP contribution in [0.2, 0.25) is 0 Å². The average Bonchev–Trinajstić information content (AvgIpc) is 3.21. The molecule has 3 aromatic rings. The van der Waals surface area contributed by atoms with Gasteiger partial charge in [-0.15, -0.1) is 11.3 Å². The van der Waals surface area contributed by atoms with Gasteiger partial charge in [0.1, 0.15) is 17.0 Å².